The van der Waals surface area contributed by atoms with Crippen molar-refractivity contribution in [3.63, 3.8) is 0 Å². The number of aliphatic carboxylic acids is 1. The number of aliphatic hydroxyl groups excluding tert-OH is 1. The first-order valence-corrected chi connectivity index (χ1v) is 12.5. The molecule has 0 unspecified atom stereocenters. The summed E-state index contributed by atoms with van der Waals surface area (Å²) in [5.41, 5.74) is 5.85. The fourth-order valence-corrected chi connectivity index (χ4v) is 3.99. The highest BCUT2D eigenvalue weighted by Crippen LogP contribution is 2.24. The Hall–Kier alpha value is -4.36. The molecule has 0 aromatic heterocycles. The van der Waals surface area contributed by atoms with Crippen molar-refractivity contribution in [3.8, 4) is 0 Å². The van der Waals surface area contributed by atoms with Gasteiger partial charge in [-0.2, -0.15) is 0 Å². The third-order valence-electron chi connectivity index (χ3n) is 5.93. The van der Waals surface area contributed by atoms with Crippen molar-refractivity contribution < 1.29 is 38.5 Å². The number of rotatable bonds is 8. The third kappa shape index (κ3) is 8.85. The second-order valence-electron chi connectivity index (χ2n) is 8.84. The number of carbonyl (C=O) groups is 4. The zero-order chi connectivity index (χ0) is 29.8. The summed E-state index contributed by atoms with van der Waals surface area (Å²) in [7, 11) is 1.26. The average molecular weight is 560 g/mol. The highest BCUT2D eigenvalue weighted by atomic mass is 19.1. The van der Waals surface area contributed by atoms with Crippen LogP contribution < -0.4 is 16.0 Å². The van der Waals surface area contributed by atoms with E-state index in [-0.39, 0.29) is 24.4 Å². The first-order chi connectivity index (χ1) is 19.0. The van der Waals surface area contributed by atoms with Gasteiger partial charge in [0.05, 0.1) is 12.9 Å². The van der Waals surface area contributed by atoms with Gasteiger partial charge in [0, 0.05) is 30.5 Å². The Morgan fingerprint density at radius 1 is 1.27 bits per heavy atom. The highest BCUT2D eigenvalue weighted by Gasteiger charge is 2.39. The van der Waals surface area contributed by atoms with Crippen LogP contribution in [0.4, 0.5) is 10.1 Å². The Balaban J connectivity index is 0.00000178. The van der Waals surface area contributed by atoms with Gasteiger partial charge in [-0.3, -0.25) is 24.6 Å². The smallest absolute Gasteiger partial charge is 0.323 e. The topological polar surface area (TPSA) is 186 Å². The van der Waals surface area contributed by atoms with Gasteiger partial charge in [-0.05, 0) is 43.5 Å². The number of hydrogen-bond acceptors (Lipinski definition) is 7. The summed E-state index contributed by atoms with van der Waals surface area (Å²) < 4.78 is 19.8. The molecule has 1 saturated heterocycles. The van der Waals surface area contributed by atoms with Gasteiger partial charge in [-0.15, -0.1) is 0 Å². The van der Waals surface area contributed by atoms with Gasteiger partial charge in [-0.1, -0.05) is 30.7 Å². The lowest BCUT2D eigenvalue weighted by molar-refractivity contribution is -0.152. The van der Waals surface area contributed by atoms with E-state index in [0.29, 0.717) is 12.1 Å². The molecule has 13 heteroatoms. The largest absolute Gasteiger partial charge is 0.480 e. The normalized spacial score (nSPS) is 18.9. The Kier molecular flexibility index (Phi) is 12.2. The number of aliphatic hydroxyl groups is 1. The van der Waals surface area contributed by atoms with Gasteiger partial charge in [0.2, 0.25) is 0 Å². The summed E-state index contributed by atoms with van der Waals surface area (Å²) in [6.07, 6.45) is 7.21. The predicted molar refractivity (Wildman–Crippen MR) is 145 cm³/mol. The molecule has 1 fully saturated rings. The van der Waals surface area contributed by atoms with E-state index in [2.05, 4.69) is 17.1 Å². The average Bonchev–Trinajstić information content (AvgIpc) is 2.89. The van der Waals surface area contributed by atoms with Crippen molar-refractivity contribution >= 4 is 35.7 Å². The molecule has 0 radical (unpaired) electrons. The number of nitrogens with zero attached hydrogens (tertiary/aromatic N) is 2. The van der Waals surface area contributed by atoms with Crippen LogP contribution in [0.15, 0.2) is 53.8 Å². The lowest BCUT2D eigenvalue weighted by atomic mass is 10.1. The summed E-state index contributed by atoms with van der Waals surface area (Å²) in [6.45, 7) is 1.37. The minimum atomic E-state index is -1.84. The predicted octanol–water partition coefficient (Wildman–Crippen LogP) is 1.31. The maximum Gasteiger partial charge on any atom is 0.323 e. The second kappa shape index (κ2) is 15.3. The standard InChI is InChI=1S/C26H30FN3O7.CH4N2/c1-3-16-6-4-5-7-19(9-8-16)28-24(34)22(33)23-26(36)30(10-11-37-23)20-13-17(12-18(27)14-20)25(35)29(2)15-21(31)32;2-1-3/h6-9,12-14,22-23,33H,3-5,10-11,15H2,1-2H3,(H,28,34)(H,31,32);1H,(H3,2,3)/b9-8?,16-6-,19-7?;/t22-,23-;/m1./s1. The number of morpholine rings is 1. The number of amides is 3. The third-order valence-corrected chi connectivity index (χ3v) is 5.93. The molecular formula is C27H34FN5O7. The first kappa shape index (κ1) is 31.9. The summed E-state index contributed by atoms with van der Waals surface area (Å²) in [6, 6.07) is 3.22. The van der Waals surface area contributed by atoms with Crippen molar-refractivity contribution in [2.45, 2.75) is 38.4 Å². The van der Waals surface area contributed by atoms with Gasteiger partial charge in [0.1, 0.15) is 12.4 Å². The molecule has 1 aromatic carbocycles. The Labute approximate surface area is 231 Å². The second-order valence-corrected chi connectivity index (χ2v) is 8.84. The number of nitrogens with two attached hydrogens (primary N) is 1. The van der Waals surface area contributed by atoms with E-state index in [4.69, 9.17) is 15.3 Å². The molecule has 3 amide bonds. The number of benzene rings is 1. The molecule has 2 atom stereocenters. The minimum absolute atomic E-state index is 0.00819. The Morgan fingerprint density at radius 3 is 2.60 bits per heavy atom. The van der Waals surface area contributed by atoms with E-state index in [1.165, 1.54) is 13.1 Å². The number of carboxylic acid groups (broad SMARTS) is 1. The van der Waals surface area contributed by atoms with Crippen LogP contribution in [0.3, 0.4) is 0 Å². The van der Waals surface area contributed by atoms with Gasteiger partial charge in [-0.25, -0.2) is 4.39 Å². The zero-order valence-corrected chi connectivity index (χ0v) is 22.3. The number of anilines is 1. The van der Waals surface area contributed by atoms with Crippen LogP contribution in [0.5, 0.6) is 0 Å². The van der Waals surface area contributed by atoms with Crippen LogP contribution in [0, 0.1) is 11.2 Å². The molecule has 0 bridgehead atoms. The van der Waals surface area contributed by atoms with E-state index < -0.39 is 48.3 Å². The highest BCUT2D eigenvalue weighted by molar-refractivity contribution is 6.03. The number of carboxylic acids is 1. The Morgan fingerprint density at radius 2 is 1.95 bits per heavy atom. The van der Waals surface area contributed by atoms with Crippen molar-refractivity contribution in [2.24, 2.45) is 5.73 Å². The minimum Gasteiger partial charge on any atom is -0.480 e. The van der Waals surface area contributed by atoms with Crippen LogP contribution in [0.1, 0.15) is 36.5 Å². The molecule has 1 heterocycles. The van der Waals surface area contributed by atoms with E-state index in [0.717, 1.165) is 46.7 Å². The number of nitrogens with one attached hydrogen (secondary N) is 2. The van der Waals surface area contributed by atoms with Crippen molar-refractivity contribution in [1.82, 2.24) is 10.2 Å². The molecule has 6 N–H and O–H groups in total. The van der Waals surface area contributed by atoms with Gasteiger partial charge >= 0.3 is 5.97 Å². The number of likely N-dealkylation sites (N-methyl/N-ethyl adjacent to an activating group) is 1. The monoisotopic (exact) mass is 559 g/mol. The molecule has 1 aliphatic carbocycles. The summed E-state index contributed by atoms with van der Waals surface area (Å²) in [5.74, 6) is -4.42. The number of allylic oxidation sites excluding steroid dienone is 5. The van der Waals surface area contributed by atoms with Crippen molar-refractivity contribution in [1.29, 1.82) is 5.41 Å². The number of hydrogen-bond donors (Lipinski definition) is 5. The number of halogens is 1. The zero-order valence-electron chi connectivity index (χ0n) is 22.3. The van der Waals surface area contributed by atoms with Crippen LogP contribution in [-0.4, -0.2) is 84.1 Å². The molecule has 12 nitrogen and oxygen atoms in total. The molecule has 1 aromatic rings. The van der Waals surface area contributed by atoms with E-state index in [1.54, 1.807) is 6.08 Å². The quantitative estimate of drug-likeness (QED) is 0.233. The molecule has 2 aliphatic rings. The van der Waals surface area contributed by atoms with Crippen LogP contribution >= 0.6 is 0 Å². The molecule has 3 rings (SSSR count). The van der Waals surface area contributed by atoms with Crippen molar-refractivity contribution in [2.75, 3.05) is 31.6 Å². The fraction of sp³-hybridized carbons (Fsp3) is 0.370. The summed E-state index contributed by atoms with van der Waals surface area (Å²) >= 11 is 0. The first-order valence-electron chi connectivity index (χ1n) is 12.5. The fourth-order valence-electron chi connectivity index (χ4n) is 3.99. The molecule has 40 heavy (non-hydrogen) atoms. The lowest BCUT2D eigenvalue weighted by Crippen LogP contribution is -2.56. The SMILES string of the molecule is CC/C1=C/CCC=C(NC(=O)[C@H](O)[C@H]2OCCN(c3cc(F)cc(C(=O)N(C)CC(=O)O)c3)C2=O)C=C1.N=CN. The lowest BCUT2D eigenvalue weighted by Gasteiger charge is -2.34. The van der Waals surface area contributed by atoms with Crippen LogP contribution in [-0.2, 0) is 19.1 Å². The Bertz CT molecular complexity index is 1210. The summed E-state index contributed by atoms with van der Waals surface area (Å²) in [4.78, 5) is 51.4. The van der Waals surface area contributed by atoms with E-state index in [9.17, 15) is 28.7 Å². The molecule has 0 saturated carbocycles. The number of carbonyl (C=O) groups excluding carboxylic acids is 3. The van der Waals surface area contributed by atoms with Gasteiger partial charge in [0.15, 0.2) is 12.2 Å². The molecule has 216 valence electrons. The van der Waals surface area contributed by atoms with Crippen molar-refractivity contribution in [3.05, 3.63) is 65.2 Å². The molecular weight excluding hydrogens is 525 g/mol. The molecule has 1 aliphatic heterocycles. The van der Waals surface area contributed by atoms with E-state index >= 15 is 0 Å². The van der Waals surface area contributed by atoms with Gasteiger partial charge in [0.25, 0.3) is 17.7 Å². The van der Waals surface area contributed by atoms with Crippen LogP contribution in [0.2, 0.25) is 0 Å². The molecule has 0 spiro atoms. The maximum absolute atomic E-state index is 14.4. The number of ether oxygens (including phenoxy) is 1. The maximum atomic E-state index is 14.4. The van der Waals surface area contributed by atoms with Crippen LogP contribution in [0.25, 0.3) is 0 Å². The van der Waals surface area contributed by atoms with E-state index in [1.807, 2.05) is 19.1 Å². The van der Waals surface area contributed by atoms with Gasteiger partial charge < -0.3 is 35.8 Å². The summed E-state index contributed by atoms with van der Waals surface area (Å²) in [5, 5.41) is 28.0.